The first-order valence-electron chi connectivity index (χ1n) is 6.95. The van der Waals surface area contributed by atoms with Crippen molar-refractivity contribution in [3.05, 3.63) is 52.8 Å². The van der Waals surface area contributed by atoms with Crippen molar-refractivity contribution < 1.29 is 19.1 Å². The fourth-order valence-electron chi connectivity index (χ4n) is 1.84. The second-order valence-corrected chi connectivity index (χ2v) is 5.28. The van der Waals surface area contributed by atoms with Gasteiger partial charge in [-0.25, -0.2) is 4.79 Å². The number of carbonyl (C=O) groups is 2. The molecule has 2 N–H and O–H groups in total. The van der Waals surface area contributed by atoms with Crippen molar-refractivity contribution in [2.24, 2.45) is 0 Å². The Kier molecular flexibility index (Phi) is 5.65. The third-order valence-electron chi connectivity index (χ3n) is 3.15. The van der Waals surface area contributed by atoms with E-state index in [0.29, 0.717) is 11.6 Å². The Balaban J connectivity index is 1.83. The Morgan fingerprint density at radius 3 is 2.57 bits per heavy atom. The molecule has 2 aromatic rings. The third-order valence-corrected chi connectivity index (χ3v) is 3.36. The largest absolute Gasteiger partial charge is 0.497 e. The van der Waals surface area contributed by atoms with Gasteiger partial charge in [0.15, 0.2) is 6.10 Å². The molecule has 1 aromatic carbocycles. The van der Waals surface area contributed by atoms with Gasteiger partial charge in [-0.1, -0.05) is 23.7 Å². The van der Waals surface area contributed by atoms with Crippen LogP contribution in [0.5, 0.6) is 5.75 Å². The lowest BCUT2D eigenvalue weighted by Gasteiger charge is -2.13. The molecule has 122 valence electrons. The second kappa shape index (κ2) is 7.69. The highest BCUT2D eigenvalue weighted by atomic mass is 35.5. The monoisotopic (exact) mass is 336 g/mol. The molecule has 0 saturated carbocycles. The minimum atomic E-state index is -0.914. The number of aromatic nitrogens is 1. The van der Waals surface area contributed by atoms with Gasteiger partial charge in [-0.05, 0) is 30.7 Å². The van der Waals surface area contributed by atoms with E-state index in [1.807, 2.05) is 12.1 Å². The fraction of sp³-hybridized carbons (Fsp3) is 0.250. The van der Waals surface area contributed by atoms with Crippen LogP contribution in [-0.2, 0) is 16.1 Å². The first-order valence-corrected chi connectivity index (χ1v) is 7.33. The van der Waals surface area contributed by atoms with Crippen LogP contribution in [0.4, 0.5) is 0 Å². The van der Waals surface area contributed by atoms with E-state index in [1.165, 1.54) is 19.2 Å². The van der Waals surface area contributed by atoms with Crippen LogP contribution in [0.25, 0.3) is 0 Å². The van der Waals surface area contributed by atoms with Gasteiger partial charge in [0.1, 0.15) is 11.4 Å². The fourth-order valence-corrected chi connectivity index (χ4v) is 2.00. The van der Waals surface area contributed by atoms with Crippen LogP contribution in [0.1, 0.15) is 23.0 Å². The second-order valence-electron chi connectivity index (χ2n) is 4.84. The average molecular weight is 337 g/mol. The number of halogens is 1. The van der Waals surface area contributed by atoms with Gasteiger partial charge in [-0.15, -0.1) is 0 Å². The van der Waals surface area contributed by atoms with Crippen molar-refractivity contribution in [3.8, 4) is 5.75 Å². The molecule has 6 nitrogen and oxygen atoms in total. The summed E-state index contributed by atoms with van der Waals surface area (Å²) in [6, 6.07) is 8.74. The number of esters is 1. The van der Waals surface area contributed by atoms with Gasteiger partial charge < -0.3 is 19.8 Å². The molecule has 7 heteroatoms. The van der Waals surface area contributed by atoms with E-state index in [0.717, 1.165) is 11.3 Å². The number of amides is 1. The number of hydrogen-bond acceptors (Lipinski definition) is 4. The number of nitrogens with one attached hydrogen (secondary N) is 2. The van der Waals surface area contributed by atoms with Gasteiger partial charge in [0.2, 0.25) is 0 Å². The molecule has 0 spiro atoms. The molecular weight excluding hydrogens is 320 g/mol. The van der Waals surface area contributed by atoms with Crippen LogP contribution in [0.15, 0.2) is 36.5 Å². The molecule has 0 unspecified atom stereocenters. The van der Waals surface area contributed by atoms with Crippen LogP contribution in [0.3, 0.4) is 0 Å². The summed E-state index contributed by atoms with van der Waals surface area (Å²) < 4.78 is 10.1. The summed E-state index contributed by atoms with van der Waals surface area (Å²) in [4.78, 5) is 26.4. The van der Waals surface area contributed by atoms with Gasteiger partial charge in [0.25, 0.3) is 5.91 Å². The van der Waals surface area contributed by atoms with E-state index in [4.69, 9.17) is 21.1 Å². The Morgan fingerprint density at radius 1 is 1.30 bits per heavy atom. The number of H-pyrrole nitrogens is 1. The Bertz CT molecular complexity index is 682. The minimum Gasteiger partial charge on any atom is -0.497 e. The maximum atomic E-state index is 12.0. The lowest BCUT2D eigenvalue weighted by Crippen LogP contribution is -2.35. The van der Waals surface area contributed by atoms with Crippen LogP contribution in [0, 0.1) is 0 Å². The van der Waals surface area contributed by atoms with E-state index in [9.17, 15) is 9.59 Å². The number of hydrogen-bond donors (Lipinski definition) is 2. The zero-order valence-corrected chi connectivity index (χ0v) is 13.5. The Hall–Kier alpha value is -2.47. The first kappa shape index (κ1) is 16.9. The van der Waals surface area contributed by atoms with Gasteiger partial charge in [0.05, 0.1) is 12.1 Å². The van der Waals surface area contributed by atoms with E-state index in [1.54, 1.807) is 19.2 Å². The lowest BCUT2D eigenvalue weighted by atomic mass is 10.2. The average Bonchev–Trinajstić information content (AvgIpc) is 2.99. The van der Waals surface area contributed by atoms with Crippen LogP contribution >= 0.6 is 11.6 Å². The van der Waals surface area contributed by atoms with Crippen molar-refractivity contribution in [1.82, 2.24) is 10.3 Å². The van der Waals surface area contributed by atoms with Crippen molar-refractivity contribution in [2.45, 2.75) is 19.6 Å². The Morgan fingerprint density at radius 2 is 2.00 bits per heavy atom. The number of carbonyl (C=O) groups excluding carboxylic acids is 2. The molecule has 23 heavy (non-hydrogen) atoms. The molecule has 1 atom stereocenters. The lowest BCUT2D eigenvalue weighted by molar-refractivity contribution is -0.129. The van der Waals surface area contributed by atoms with Crippen molar-refractivity contribution in [2.75, 3.05) is 7.11 Å². The van der Waals surface area contributed by atoms with E-state index in [2.05, 4.69) is 10.3 Å². The quantitative estimate of drug-likeness (QED) is 0.794. The van der Waals surface area contributed by atoms with Gasteiger partial charge >= 0.3 is 5.97 Å². The predicted octanol–water partition coefficient (Wildman–Crippen LogP) is 2.54. The Labute approximate surface area is 138 Å². The maximum Gasteiger partial charge on any atom is 0.355 e. The summed E-state index contributed by atoms with van der Waals surface area (Å²) in [6.45, 7) is 1.84. The van der Waals surface area contributed by atoms with Gasteiger partial charge in [-0.2, -0.15) is 0 Å². The SMILES string of the molecule is COc1ccc(CNC(=O)[C@H](C)OC(=O)c2cc(Cl)c[nH]2)cc1. The van der Waals surface area contributed by atoms with E-state index in [-0.39, 0.29) is 11.6 Å². The van der Waals surface area contributed by atoms with Crippen molar-refractivity contribution >= 4 is 23.5 Å². The van der Waals surface area contributed by atoms with E-state index >= 15 is 0 Å². The number of aromatic amines is 1. The molecular formula is C16H17ClN2O4. The standard InChI is InChI=1S/C16H17ClN2O4/c1-10(23-16(21)14-7-12(17)9-18-14)15(20)19-8-11-3-5-13(22-2)6-4-11/h3-7,9-10,18H,8H2,1-2H3,(H,19,20)/t10-/m0/s1. The zero-order valence-electron chi connectivity index (χ0n) is 12.8. The molecule has 1 aromatic heterocycles. The summed E-state index contributed by atoms with van der Waals surface area (Å²) in [5, 5.41) is 3.10. The molecule has 0 aliphatic carbocycles. The third kappa shape index (κ3) is 4.75. The molecule has 1 heterocycles. The number of benzene rings is 1. The topological polar surface area (TPSA) is 80.4 Å². The summed E-state index contributed by atoms with van der Waals surface area (Å²) in [6.07, 6.45) is 0.551. The highest BCUT2D eigenvalue weighted by Crippen LogP contribution is 2.12. The minimum absolute atomic E-state index is 0.199. The van der Waals surface area contributed by atoms with Crippen molar-refractivity contribution in [1.29, 1.82) is 0 Å². The summed E-state index contributed by atoms with van der Waals surface area (Å²) in [5.74, 6) is -0.275. The normalized spacial score (nSPS) is 11.6. The maximum absolute atomic E-state index is 12.0. The van der Waals surface area contributed by atoms with E-state index < -0.39 is 12.1 Å². The number of ether oxygens (including phenoxy) is 2. The van der Waals surface area contributed by atoms with Crippen LogP contribution < -0.4 is 10.1 Å². The predicted molar refractivity (Wildman–Crippen MR) is 85.5 cm³/mol. The summed E-state index contributed by atoms with van der Waals surface area (Å²) in [5.41, 5.74) is 1.11. The van der Waals surface area contributed by atoms with Crippen LogP contribution in [0.2, 0.25) is 5.02 Å². The molecule has 0 fully saturated rings. The molecule has 0 saturated heterocycles. The summed E-state index contributed by atoms with van der Waals surface area (Å²) >= 11 is 5.72. The zero-order chi connectivity index (χ0) is 16.8. The molecule has 0 radical (unpaired) electrons. The van der Waals surface area contributed by atoms with Crippen LogP contribution in [-0.4, -0.2) is 30.1 Å². The van der Waals surface area contributed by atoms with Crippen molar-refractivity contribution in [3.63, 3.8) is 0 Å². The van der Waals surface area contributed by atoms with Gasteiger partial charge in [-0.3, -0.25) is 4.79 Å². The molecule has 0 bridgehead atoms. The summed E-state index contributed by atoms with van der Waals surface area (Å²) in [7, 11) is 1.59. The highest BCUT2D eigenvalue weighted by Gasteiger charge is 2.19. The number of methoxy groups -OCH3 is 1. The molecule has 2 rings (SSSR count). The highest BCUT2D eigenvalue weighted by molar-refractivity contribution is 6.30. The smallest absolute Gasteiger partial charge is 0.355 e. The molecule has 1 amide bonds. The first-order chi connectivity index (χ1) is 11.0. The molecule has 0 aliphatic rings. The van der Waals surface area contributed by atoms with Gasteiger partial charge in [0, 0.05) is 12.7 Å². The number of rotatable bonds is 6. The molecule has 0 aliphatic heterocycles.